The molecular weight excluding hydrogens is 612 g/mol. The molecule has 1 atom stereocenters. The first-order chi connectivity index (χ1) is 18.3. The van der Waals surface area contributed by atoms with Crippen molar-refractivity contribution >= 4 is 73.6 Å². The minimum absolute atomic E-state index is 0.0876. The van der Waals surface area contributed by atoms with E-state index in [0.717, 1.165) is 35.5 Å². The SMILES string of the molecule is CC(C)c1cc(-c2cssc2=S)ccc1OP(=O)(Oc1ccccc1)Oc1ccc(-c2cssc2=S)cc1. The maximum Gasteiger partial charge on any atom is 0.647 e. The van der Waals surface area contributed by atoms with Crippen LogP contribution in [0.2, 0.25) is 0 Å². The van der Waals surface area contributed by atoms with Gasteiger partial charge in [0.2, 0.25) is 0 Å². The molecular formula is C27H21O4PS6. The number of hydrogen-bond acceptors (Lipinski definition) is 10. The van der Waals surface area contributed by atoms with Crippen molar-refractivity contribution in [1.29, 1.82) is 0 Å². The predicted molar refractivity (Wildman–Crippen MR) is 167 cm³/mol. The first-order valence-corrected chi connectivity index (χ1v) is 18.2. The Morgan fingerprint density at radius 3 is 1.82 bits per heavy atom. The van der Waals surface area contributed by atoms with Gasteiger partial charge in [-0.3, -0.25) is 0 Å². The smallest absolute Gasteiger partial charge is 0.386 e. The number of phosphoric ester groups is 1. The van der Waals surface area contributed by atoms with E-state index in [1.165, 1.54) is 0 Å². The second-order valence-corrected chi connectivity index (χ2v) is 15.4. The van der Waals surface area contributed by atoms with E-state index in [1.807, 2.05) is 35.7 Å². The average molecular weight is 633 g/mol. The van der Waals surface area contributed by atoms with E-state index in [4.69, 9.17) is 38.0 Å². The van der Waals surface area contributed by atoms with Gasteiger partial charge in [-0.1, -0.05) is 116 Å². The molecule has 0 spiro atoms. The third-order valence-electron chi connectivity index (χ3n) is 5.52. The van der Waals surface area contributed by atoms with Gasteiger partial charge in [0, 0.05) is 21.9 Å². The molecule has 0 saturated carbocycles. The van der Waals surface area contributed by atoms with Crippen molar-refractivity contribution in [2.75, 3.05) is 0 Å². The van der Waals surface area contributed by atoms with E-state index in [2.05, 4.69) is 19.2 Å². The lowest BCUT2D eigenvalue weighted by atomic mass is 9.98. The summed E-state index contributed by atoms with van der Waals surface area (Å²) in [6, 6.07) is 21.9. The summed E-state index contributed by atoms with van der Waals surface area (Å²) in [5.74, 6) is 1.25. The number of phosphoric acid groups is 1. The van der Waals surface area contributed by atoms with Crippen LogP contribution in [0.3, 0.4) is 0 Å². The summed E-state index contributed by atoms with van der Waals surface area (Å²) in [4.78, 5) is 0. The Kier molecular flexibility index (Phi) is 8.59. The second kappa shape index (κ2) is 11.9. The van der Waals surface area contributed by atoms with Crippen molar-refractivity contribution in [3.8, 4) is 39.5 Å². The number of benzene rings is 3. The highest BCUT2D eigenvalue weighted by atomic mass is 32.9. The van der Waals surface area contributed by atoms with Gasteiger partial charge in [-0.05, 0) is 59.0 Å². The fraction of sp³-hybridized carbons (Fsp3) is 0.111. The summed E-state index contributed by atoms with van der Waals surface area (Å²) in [6.07, 6.45) is 0. The van der Waals surface area contributed by atoms with E-state index in [1.54, 1.807) is 83.8 Å². The van der Waals surface area contributed by atoms with Crippen LogP contribution in [0.1, 0.15) is 25.3 Å². The summed E-state index contributed by atoms with van der Waals surface area (Å²) in [5.41, 5.74) is 4.84. The first kappa shape index (κ1) is 27.4. The zero-order chi connectivity index (χ0) is 26.7. The Morgan fingerprint density at radius 2 is 1.26 bits per heavy atom. The minimum atomic E-state index is -4.15. The molecule has 38 heavy (non-hydrogen) atoms. The first-order valence-electron chi connectivity index (χ1n) is 11.5. The molecule has 0 aliphatic heterocycles. The van der Waals surface area contributed by atoms with Crippen LogP contribution in [0.15, 0.2) is 83.6 Å². The van der Waals surface area contributed by atoms with Crippen LogP contribution in [0, 0.1) is 7.65 Å². The molecule has 11 heteroatoms. The Bertz CT molecular complexity index is 1700. The molecule has 2 aromatic heterocycles. The van der Waals surface area contributed by atoms with Gasteiger partial charge in [-0.2, -0.15) is 4.57 Å². The average Bonchev–Trinajstić information content (AvgIpc) is 3.53. The van der Waals surface area contributed by atoms with Gasteiger partial charge in [0.25, 0.3) is 0 Å². The van der Waals surface area contributed by atoms with E-state index in [-0.39, 0.29) is 5.92 Å². The predicted octanol–water partition coefficient (Wildman–Crippen LogP) is 11.5. The molecule has 5 aromatic rings. The van der Waals surface area contributed by atoms with E-state index >= 15 is 0 Å². The lowest BCUT2D eigenvalue weighted by Gasteiger charge is -2.22. The molecule has 3 aromatic carbocycles. The molecule has 0 radical (unpaired) electrons. The number of hydrogen-bond donors (Lipinski definition) is 0. The molecule has 1 unspecified atom stereocenters. The molecule has 5 rings (SSSR count). The zero-order valence-corrected chi connectivity index (χ0v) is 26.0. The lowest BCUT2D eigenvalue weighted by Crippen LogP contribution is -2.09. The Labute approximate surface area is 246 Å². The van der Waals surface area contributed by atoms with Gasteiger partial charge in [0.15, 0.2) is 0 Å². The third-order valence-corrected chi connectivity index (χ3v) is 12.1. The van der Waals surface area contributed by atoms with Crippen molar-refractivity contribution in [2.45, 2.75) is 19.8 Å². The van der Waals surface area contributed by atoms with Crippen molar-refractivity contribution in [3.63, 3.8) is 0 Å². The molecule has 194 valence electrons. The van der Waals surface area contributed by atoms with Gasteiger partial charge in [-0.15, -0.1) is 0 Å². The number of rotatable bonds is 9. The van der Waals surface area contributed by atoms with Gasteiger partial charge in [-0.25, -0.2) is 0 Å². The summed E-state index contributed by atoms with van der Waals surface area (Å²) >= 11 is 10.9. The van der Waals surface area contributed by atoms with Gasteiger partial charge >= 0.3 is 7.82 Å². The quantitative estimate of drug-likeness (QED) is 0.0915. The van der Waals surface area contributed by atoms with E-state index in [9.17, 15) is 4.57 Å². The Hall–Kier alpha value is -2.17. The highest BCUT2D eigenvalue weighted by Gasteiger charge is 2.34. The topological polar surface area (TPSA) is 44.8 Å². The van der Waals surface area contributed by atoms with Crippen LogP contribution >= 0.6 is 73.6 Å². The second-order valence-electron chi connectivity index (χ2n) is 8.46. The summed E-state index contributed by atoms with van der Waals surface area (Å²) in [5, 5.41) is 4.08. The minimum Gasteiger partial charge on any atom is -0.386 e. The van der Waals surface area contributed by atoms with Crippen LogP contribution in [-0.4, -0.2) is 0 Å². The number of para-hydroxylation sites is 1. The Morgan fingerprint density at radius 1 is 0.711 bits per heavy atom. The van der Waals surface area contributed by atoms with Crippen molar-refractivity contribution in [2.24, 2.45) is 0 Å². The van der Waals surface area contributed by atoms with Crippen LogP contribution in [0.25, 0.3) is 22.3 Å². The van der Waals surface area contributed by atoms with Crippen LogP contribution in [-0.2, 0) is 4.57 Å². The van der Waals surface area contributed by atoms with Crippen LogP contribution in [0.4, 0.5) is 0 Å². The van der Waals surface area contributed by atoms with Crippen LogP contribution < -0.4 is 13.6 Å². The Balaban J connectivity index is 1.49. The zero-order valence-electron chi connectivity index (χ0n) is 20.2. The monoisotopic (exact) mass is 632 g/mol. The molecule has 0 fully saturated rings. The van der Waals surface area contributed by atoms with Gasteiger partial charge < -0.3 is 13.6 Å². The molecule has 0 N–H and O–H groups in total. The molecule has 0 bridgehead atoms. The molecule has 0 aliphatic rings. The lowest BCUT2D eigenvalue weighted by molar-refractivity contribution is 0.297. The van der Waals surface area contributed by atoms with Crippen molar-refractivity contribution in [1.82, 2.24) is 0 Å². The molecule has 0 saturated heterocycles. The van der Waals surface area contributed by atoms with Gasteiger partial charge in [0.1, 0.15) is 24.9 Å². The molecule has 2 heterocycles. The highest BCUT2D eigenvalue weighted by molar-refractivity contribution is 7.80. The molecule has 4 nitrogen and oxygen atoms in total. The summed E-state index contributed by atoms with van der Waals surface area (Å²) < 4.78 is 33.7. The fourth-order valence-electron chi connectivity index (χ4n) is 3.65. The third kappa shape index (κ3) is 6.34. The highest BCUT2D eigenvalue weighted by Crippen LogP contribution is 2.51. The van der Waals surface area contributed by atoms with Gasteiger partial charge in [0.05, 0.1) is 0 Å². The summed E-state index contributed by atoms with van der Waals surface area (Å²) in [7, 11) is 2.18. The van der Waals surface area contributed by atoms with E-state index < -0.39 is 7.82 Å². The van der Waals surface area contributed by atoms with Crippen molar-refractivity contribution < 1.29 is 18.1 Å². The maximum absolute atomic E-state index is 14.1. The van der Waals surface area contributed by atoms with Crippen molar-refractivity contribution in [3.05, 3.63) is 96.8 Å². The standard InChI is InChI=1S/C27H21O4PS6/c1-17(2)22-14-19(24-16-36-38-27(24)34)10-13-25(22)31-32(28,29-20-6-4-3-5-7-20)30-21-11-8-18(9-12-21)23-15-35-37-26(23)33/h3-17H,1-2H3. The molecule has 0 aliphatic carbocycles. The maximum atomic E-state index is 14.1. The van der Waals surface area contributed by atoms with Crippen LogP contribution in [0.5, 0.6) is 17.2 Å². The largest absolute Gasteiger partial charge is 0.647 e. The van der Waals surface area contributed by atoms with E-state index in [0.29, 0.717) is 17.2 Å². The fourth-order valence-corrected chi connectivity index (χ4v) is 9.72. The summed E-state index contributed by atoms with van der Waals surface area (Å²) in [6.45, 7) is 4.11. The normalized spacial score (nSPS) is 12.7. The molecule has 0 amide bonds.